The van der Waals surface area contributed by atoms with Crippen LogP contribution in [0.2, 0.25) is 0 Å². The van der Waals surface area contributed by atoms with Crippen LogP contribution in [-0.2, 0) is 0 Å². The number of nitrogens with zero attached hydrogens (tertiary/aromatic N) is 2. The molecule has 0 aromatic carbocycles. The molecule has 0 saturated carbocycles. The van der Waals surface area contributed by atoms with Crippen molar-refractivity contribution in [2.24, 2.45) is 5.92 Å². The van der Waals surface area contributed by atoms with Crippen molar-refractivity contribution in [3.63, 3.8) is 0 Å². The normalized spacial score (nSPS) is 25.8. The zero-order chi connectivity index (χ0) is 11.7. The molecule has 2 unspecified atom stereocenters. The van der Waals surface area contributed by atoms with Crippen molar-refractivity contribution >= 4 is 11.5 Å². The summed E-state index contributed by atoms with van der Waals surface area (Å²) in [5.41, 5.74) is 7.99. The van der Waals surface area contributed by atoms with E-state index in [0.29, 0.717) is 6.04 Å². The highest BCUT2D eigenvalue weighted by atomic mass is 15.2. The first-order valence-corrected chi connectivity index (χ1v) is 6.08. The quantitative estimate of drug-likeness (QED) is 0.789. The van der Waals surface area contributed by atoms with Crippen LogP contribution in [-0.4, -0.2) is 17.6 Å². The number of piperidine rings is 1. The van der Waals surface area contributed by atoms with Crippen LogP contribution in [0.25, 0.3) is 0 Å². The fourth-order valence-corrected chi connectivity index (χ4v) is 2.46. The second kappa shape index (κ2) is 4.32. The number of nitrogens with two attached hydrogens (primary N) is 1. The first-order chi connectivity index (χ1) is 7.59. The Bertz CT molecular complexity index is 375. The predicted octanol–water partition coefficient (Wildman–Crippen LogP) is 2.60. The predicted molar refractivity (Wildman–Crippen MR) is 68.6 cm³/mol. The van der Waals surface area contributed by atoms with Crippen molar-refractivity contribution in [1.29, 1.82) is 0 Å². The summed E-state index contributed by atoms with van der Waals surface area (Å²) in [5, 5.41) is 0. The Kier molecular flexibility index (Phi) is 3.03. The van der Waals surface area contributed by atoms with E-state index in [1.807, 2.05) is 19.2 Å². The van der Waals surface area contributed by atoms with Crippen LogP contribution in [0.15, 0.2) is 12.3 Å². The van der Waals surface area contributed by atoms with Crippen molar-refractivity contribution in [3.05, 3.63) is 17.8 Å². The van der Waals surface area contributed by atoms with E-state index in [2.05, 4.69) is 23.7 Å². The maximum absolute atomic E-state index is 6.06. The minimum Gasteiger partial charge on any atom is -0.396 e. The molecular formula is C13H21N3. The Morgan fingerprint density at radius 2 is 2.19 bits per heavy atom. The standard InChI is InChI=1S/C13H21N3/c1-9-7-12(14)13(15-8-9)16-6-4-5-10(2)11(16)3/h7-8,10-11H,4-6,14H2,1-3H3. The van der Waals surface area contributed by atoms with Gasteiger partial charge in [0.2, 0.25) is 0 Å². The molecule has 0 spiro atoms. The lowest BCUT2D eigenvalue weighted by molar-refractivity contribution is 0.362. The average molecular weight is 219 g/mol. The van der Waals surface area contributed by atoms with Crippen LogP contribution in [0.4, 0.5) is 11.5 Å². The zero-order valence-electron chi connectivity index (χ0n) is 10.4. The first-order valence-electron chi connectivity index (χ1n) is 6.08. The lowest BCUT2D eigenvalue weighted by Crippen LogP contribution is -2.43. The number of rotatable bonds is 1. The van der Waals surface area contributed by atoms with E-state index in [4.69, 9.17) is 5.73 Å². The number of hydrogen-bond acceptors (Lipinski definition) is 3. The van der Waals surface area contributed by atoms with Gasteiger partial charge in [-0.05, 0) is 44.2 Å². The molecule has 2 rings (SSSR count). The summed E-state index contributed by atoms with van der Waals surface area (Å²) in [6.07, 6.45) is 4.45. The van der Waals surface area contributed by atoms with Gasteiger partial charge in [0.25, 0.3) is 0 Å². The van der Waals surface area contributed by atoms with Crippen molar-refractivity contribution in [2.75, 3.05) is 17.2 Å². The largest absolute Gasteiger partial charge is 0.396 e. The molecule has 2 atom stereocenters. The Morgan fingerprint density at radius 3 is 2.88 bits per heavy atom. The third-order valence-corrected chi connectivity index (χ3v) is 3.68. The fourth-order valence-electron chi connectivity index (χ4n) is 2.46. The second-order valence-corrected chi connectivity index (χ2v) is 4.98. The molecule has 1 fully saturated rings. The van der Waals surface area contributed by atoms with Gasteiger partial charge < -0.3 is 10.6 Å². The van der Waals surface area contributed by atoms with Gasteiger partial charge in [-0.3, -0.25) is 0 Å². The van der Waals surface area contributed by atoms with E-state index < -0.39 is 0 Å². The Labute approximate surface area is 97.7 Å². The molecule has 1 saturated heterocycles. The molecule has 0 bridgehead atoms. The maximum atomic E-state index is 6.06. The van der Waals surface area contributed by atoms with E-state index in [-0.39, 0.29) is 0 Å². The molecule has 2 N–H and O–H groups in total. The zero-order valence-corrected chi connectivity index (χ0v) is 10.4. The SMILES string of the molecule is Cc1cnc(N2CCCC(C)C2C)c(N)c1. The van der Waals surface area contributed by atoms with Crippen molar-refractivity contribution in [3.8, 4) is 0 Å². The number of aromatic nitrogens is 1. The Balaban J connectivity index is 2.29. The number of nitrogen functional groups attached to an aromatic ring is 1. The summed E-state index contributed by atoms with van der Waals surface area (Å²) < 4.78 is 0. The topological polar surface area (TPSA) is 42.2 Å². The van der Waals surface area contributed by atoms with Crippen molar-refractivity contribution in [1.82, 2.24) is 4.98 Å². The third-order valence-electron chi connectivity index (χ3n) is 3.68. The van der Waals surface area contributed by atoms with E-state index in [1.54, 1.807) is 0 Å². The molecule has 0 aliphatic carbocycles. The van der Waals surface area contributed by atoms with Gasteiger partial charge in [-0.15, -0.1) is 0 Å². The molecular weight excluding hydrogens is 198 g/mol. The highest BCUT2D eigenvalue weighted by molar-refractivity contribution is 5.63. The number of hydrogen-bond donors (Lipinski definition) is 1. The summed E-state index contributed by atoms with van der Waals surface area (Å²) in [6.45, 7) is 7.67. The van der Waals surface area contributed by atoms with Gasteiger partial charge >= 0.3 is 0 Å². The van der Waals surface area contributed by atoms with Crippen LogP contribution < -0.4 is 10.6 Å². The van der Waals surface area contributed by atoms with Gasteiger partial charge in [0, 0.05) is 18.8 Å². The molecule has 3 heteroatoms. The number of pyridine rings is 1. The smallest absolute Gasteiger partial charge is 0.152 e. The van der Waals surface area contributed by atoms with Gasteiger partial charge in [-0.1, -0.05) is 6.92 Å². The third kappa shape index (κ3) is 1.99. The average Bonchev–Trinajstić information content (AvgIpc) is 2.23. The minimum atomic E-state index is 0.534. The number of aryl methyl sites for hydroxylation is 1. The summed E-state index contributed by atoms with van der Waals surface area (Å²) in [4.78, 5) is 6.84. The van der Waals surface area contributed by atoms with E-state index >= 15 is 0 Å². The molecule has 3 nitrogen and oxygen atoms in total. The van der Waals surface area contributed by atoms with Crippen LogP contribution in [0.5, 0.6) is 0 Å². The molecule has 1 aliphatic rings. The van der Waals surface area contributed by atoms with E-state index in [9.17, 15) is 0 Å². The van der Waals surface area contributed by atoms with Crippen LogP contribution >= 0.6 is 0 Å². The molecule has 0 radical (unpaired) electrons. The summed E-state index contributed by atoms with van der Waals surface area (Å²) in [5.74, 6) is 1.68. The van der Waals surface area contributed by atoms with Gasteiger partial charge in [0.05, 0.1) is 5.69 Å². The van der Waals surface area contributed by atoms with Crippen molar-refractivity contribution in [2.45, 2.75) is 39.7 Å². The molecule has 1 aromatic heterocycles. The second-order valence-electron chi connectivity index (χ2n) is 4.98. The fraction of sp³-hybridized carbons (Fsp3) is 0.615. The van der Waals surface area contributed by atoms with E-state index in [0.717, 1.165) is 29.5 Å². The molecule has 1 aliphatic heterocycles. The minimum absolute atomic E-state index is 0.534. The molecule has 16 heavy (non-hydrogen) atoms. The highest BCUT2D eigenvalue weighted by Gasteiger charge is 2.26. The molecule has 1 aromatic rings. The Hall–Kier alpha value is -1.25. The summed E-state index contributed by atoms with van der Waals surface area (Å²) >= 11 is 0. The number of anilines is 2. The summed E-state index contributed by atoms with van der Waals surface area (Å²) in [7, 11) is 0. The highest BCUT2D eigenvalue weighted by Crippen LogP contribution is 2.30. The lowest BCUT2D eigenvalue weighted by atomic mass is 9.92. The first kappa shape index (κ1) is 11.2. The Morgan fingerprint density at radius 1 is 1.44 bits per heavy atom. The summed E-state index contributed by atoms with van der Waals surface area (Å²) in [6, 6.07) is 2.54. The molecule has 88 valence electrons. The monoisotopic (exact) mass is 219 g/mol. The van der Waals surface area contributed by atoms with E-state index in [1.165, 1.54) is 12.8 Å². The van der Waals surface area contributed by atoms with Gasteiger partial charge in [-0.2, -0.15) is 0 Å². The van der Waals surface area contributed by atoms with Crippen LogP contribution in [0, 0.1) is 12.8 Å². The van der Waals surface area contributed by atoms with Crippen molar-refractivity contribution < 1.29 is 0 Å². The molecule has 0 amide bonds. The van der Waals surface area contributed by atoms with Gasteiger partial charge in [0.1, 0.15) is 0 Å². The van der Waals surface area contributed by atoms with Crippen LogP contribution in [0.3, 0.4) is 0 Å². The molecule has 2 heterocycles. The lowest BCUT2D eigenvalue weighted by Gasteiger charge is -2.39. The van der Waals surface area contributed by atoms with Crippen LogP contribution in [0.1, 0.15) is 32.3 Å². The van der Waals surface area contributed by atoms with Gasteiger partial charge in [0.15, 0.2) is 5.82 Å². The maximum Gasteiger partial charge on any atom is 0.152 e. The van der Waals surface area contributed by atoms with Gasteiger partial charge in [-0.25, -0.2) is 4.98 Å².